The number of nitrogens with one attached hydrogen (secondary N) is 2. The van der Waals surface area contributed by atoms with Crippen LogP contribution in [0.2, 0.25) is 0 Å². The standard InChI is InChI=1S/C23H37FN4O3.HI/c1-2-25-22(26-16-20(29)17-31-21-8-6-19(24)7-9-21)27-18-23(10-4-3-5-11-23)28-12-14-30-15-13-28;/h6-9,20,29H,2-5,10-18H2,1H3,(H2,25,26,27);1H. The highest BCUT2D eigenvalue weighted by Crippen LogP contribution is 2.34. The lowest BCUT2D eigenvalue weighted by Gasteiger charge is -2.47. The van der Waals surface area contributed by atoms with Crippen molar-refractivity contribution in [1.82, 2.24) is 15.5 Å². The number of morpholine rings is 1. The molecule has 1 heterocycles. The monoisotopic (exact) mass is 564 g/mol. The van der Waals surface area contributed by atoms with Crippen LogP contribution in [0, 0.1) is 5.82 Å². The van der Waals surface area contributed by atoms with E-state index in [9.17, 15) is 9.50 Å². The number of guanidine groups is 1. The molecule has 9 heteroatoms. The molecule has 3 N–H and O–H groups in total. The molecule has 0 radical (unpaired) electrons. The molecule has 1 atom stereocenters. The van der Waals surface area contributed by atoms with E-state index in [-0.39, 0.29) is 41.9 Å². The molecule has 0 bridgehead atoms. The summed E-state index contributed by atoms with van der Waals surface area (Å²) in [4.78, 5) is 7.48. The predicted molar refractivity (Wildman–Crippen MR) is 136 cm³/mol. The van der Waals surface area contributed by atoms with Crippen molar-refractivity contribution < 1.29 is 19.0 Å². The minimum absolute atomic E-state index is 0. The molecule has 32 heavy (non-hydrogen) atoms. The van der Waals surface area contributed by atoms with Crippen LogP contribution in [0.5, 0.6) is 5.75 Å². The van der Waals surface area contributed by atoms with Crippen molar-refractivity contribution in [3.05, 3.63) is 30.1 Å². The molecule has 0 amide bonds. The van der Waals surface area contributed by atoms with E-state index in [0.717, 1.165) is 39.4 Å². The Balaban J connectivity index is 0.00000363. The molecule has 1 aliphatic heterocycles. The van der Waals surface area contributed by atoms with E-state index in [0.29, 0.717) is 18.3 Å². The fourth-order valence-corrected chi connectivity index (χ4v) is 4.39. The number of aliphatic hydroxyl groups excluding tert-OH is 1. The summed E-state index contributed by atoms with van der Waals surface area (Å²) in [5.74, 6) is 0.932. The third kappa shape index (κ3) is 8.31. The Labute approximate surface area is 208 Å². The van der Waals surface area contributed by atoms with Crippen LogP contribution in [0.3, 0.4) is 0 Å². The van der Waals surface area contributed by atoms with E-state index in [1.807, 2.05) is 6.92 Å². The molecule has 1 saturated heterocycles. The van der Waals surface area contributed by atoms with Gasteiger partial charge in [0, 0.05) is 31.7 Å². The van der Waals surface area contributed by atoms with Crippen molar-refractivity contribution in [2.75, 3.05) is 52.5 Å². The summed E-state index contributed by atoms with van der Waals surface area (Å²) in [6.45, 7) is 7.49. The Bertz CT molecular complexity index is 680. The van der Waals surface area contributed by atoms with Gasteiger partial charge >= 0.3 is 0 Å². The first-order valence-corrected chi connectivity index (χ1v) is 11.5. The molecule has 2 fully saturated rings. The van der Waals surface area contributed by atoms with Gasteiger partial charge in [0.2, 0.25) is 0 Å². The fraction of sp³-hybridized carbons (Fsp3) is 0.696. The maximum atomic E-state index is 13.0. The quantitative estimate of drug-likeness (QED) is 0.243. The van der Waals surface area contributed by atoms with Crippen molar-refractivity contribution in [3.8, 4) is 5.75 Å². The second-order valence-electron chi connectivity index (χ2n) is 8.38. The molecule has 2 aliphatic rings. The molecule has 7 nitrogen and oxygen atoms in total. The summed E-state index contributed by atoms with van der Waals surface area (Å²) in [5.41, 5.74) is 0.106. The Morgan fingerprint density at radius 1 is 1.19 bits per heavy atom. The molecule has 1 aromatic carbocycles. The summed E-state index contributed by atoms with van der Waals surface area (Å²) < 4.78 is 24.1. The lowest BCUT2D eigenvalue weighted by molar-refractivity contribution is -0.0333. The van der Waals surface area contributed by atoms with Crippen molar-refractivity contribution in [2.24, 2.45) is 4.99 Å². The zero-order chi connectivity index (χ0) is 21.9. The van der Waals surface area contributed by atoms with Gasteiger partial charge in [-0.1, -0.05) is 19.3 Å². The van der Waals surface area contributed by atoms with Gasteiger partial charge in [-0.15, -0.1) is 24.0 Å². The van der Waals surface area contributed by atoms with Crippen LogP contribution >= 0.6 is 24.0 Å². The Morgan fingerprint density at radius 3 is 2.53 bits per heavy atom. The van der Waals surface area contributed by atoms with Crippen LogP contribution in [-0.2, 0) is 4.74 Å². The van der Waals surface area contributed by atoms with Gasteiger partial charge in [-0.3, -0.25) is 9.89 Å². The second-order valence-corrected chi connectivity index (χ2v) is 8.38. The van der Waals surface area contributed by atoms with E-state index in [1.54, 1.807) is 12.1 Å². The molecule has 182 valence electrons. The highest BCUT2D eigenvalue weighted by atomic mass is 127. The summed E-state index contributed by atoms with van der Waals surface area (Å²) in [5, 5.41) is 16.8. The Hall–Kier alpha value is -1.17. The van der Waals surface area contributed by atoms with Gasteiger partial charge < -0.3 is 25.2 Å². The molecule has 1 aliphatic carbocycles. The molecule has 0 spiro atoms. The number of benzene rings is 1. The summed E-state index contributed by atoms with van der Waals surface area (Å²) in [6.07, 6.45) is 5.42. The third-order valence-electron chi connectivity index (χ3n) is 6.10. The number of hydrogen-bond donors (Lipinski definition) is 3. The zero-order valence-electron chi connectivity index (χ0n) is 19.0. The minimum atomic E-state index is -0.711. The first kappa shape index (κ1) is 27.1. The van der Waals surface area contributed by atoms with Crippen LogP contribution < -0.4 is 15.4 Å². The number of rotatable bonds is 9. The van der Waals surface area contributed by atoms with Gasteiger partial charge in [0.05, 0.1) is 19.8 Å². The number of halogens is 2. The third-order valence-corrected chi connectivity index (χ3v) is 6.10. The molecule has 1 saturated carbocycles. The summed E-state index contributed by atoms with van der Waals surface area (Å²) in [6, 6.07) is 5.78. The van der Waals surface area contributed by atoms with Gasteiger partial charge in [0.15, 0.2) is 5.96 Å². The topological polar surface area (TPSA) is 78.4 Å². The Kier molecular flexibility index (Phi) is 12.0. The van der Waals surface area contributed by atoms with Gasteiger partial charge in [0.1, 0.15) is 24.3 Å². The van der Waals surface area contributed by atoms with E-state index in [4.69, 9.17) is 14.5 Å². The van der Waals surface area contributed by atoms with Gasteiger partial charge in [-0.05, 0) is 44.0 Å². The van der Waals surface area contributed by atoms with Gasteiger partial charge in [0.25, 0.3) is 0 Å². The van der Waals surface area contributed by atoms with E-state index in [1.165, 1.54) is 44.2 Å². The van der Waals surface area contributed by atoms with E-state index < -0.39 is 6.10 Å². The van der Waals surface area contributed by atoms with Crippen LogP contribution in [0.25, 0.3) is 0 Å². The molecule has 1 unspecified atom stereocenters. The maximum absolute atomic E-state index is 13.0. The van der Waals surface area contributed by atoms with Crippen LogP contribution in [0.4, 0.5) is 4.39 Å². The first-order valence-electron chi connectivity index (χ1n) is 11.5. The normalized spacial score (nSPS) is 20.2. The summed E-state index contributed by atoms with van der Waals surface area (Å²) >= 11 is 0. The van der Waals surface area contributed by atoms with Crippen molar-refractivity contribution in [2.45, 2.75) is 50.7 Å². The van der Waals surface area contributed by atoms with Crippen LogP contribution in [-0.4, -0.2) is 80.2 Å². The van der Waals surface area contributed by atoms with Crippen LogP contribution in [0.15, 0.2) is 29.3 Å². The zero-order valence-corrected chi connectivity index (χ0v) is 21.4. The van der Waals surface area contributed by atoms with Crippen molar-refractivity contribution in [3.63, 3.8) is 0 Å². The molecule has 3 rings (SSSR count). The van der Waals surface area contributed by atoms with E-state index >= 15 is 0 Å². The van der Waals surface area contributed by atoms with Crippen molar-refractivity contribution >= 4 is 29.9 Å². The van der Waals surface area contributed by atoms with Gasteiger partial charge in [-0.2, -0.15) is 0 Å². The molecular weight excluding hydrogens is 526 g/mol. The number of hydrogen-bond acceptors (Lipinski definition) is 5. The molecular formula is C23H38FIN4O3. The SMILES string of the molecule is CCNC(=NCC1(N2CCOCC2)CCCCC1)NCC(O)COc1ccc(F)cc1.I. The Morgan fingerprint density at radius 2 is 1.88 bits per heavy atom. The largest absolute Gasteiger partial charge is 0.491 e. The minimum Gasteiger partial charge on any atom is -0.491 e. The average Bonchev–Trinajstić information content (AvgIpc) is 2.81. The average molecular weight is 564 g/mol. The lowest BCUT2D eigenvalue weighted by Crippen LogP contribution is -2.56. The molecule has 1 aromatic rings. The predicted octanol–water partition coefficient (Wildman–Crippen LogP) is 2.77. The number of ether oxygens (including phenoxy) is 2. The number of aliphatic hydroxyl groups is 1. The smallest absolute Gasteiger partial charge is 0.191 e. The van der Waals surface area contributed by atoms with Crippen LogP contribution in [0.1, 0.15) is 39.0 Å². The fourth-order valence-electron chi connectivity index (χ4n) is 4.39. The molecule has 0 aromatic heterocycles. The van der Waals surface area contributed by atoms with Crippen molar-refractivity contribution in [1.29, 1.82) is 0 Å². The maximum Gasteiger partial charge on any atom is 0.191 e. The first-order chi connectivity index (χ1) is 15.1. The van der Waals surface area contributed by atoms with Gasteiger partial charge in [-0.25, -0.2) is 4.39 Å². The number of aliphatic imine (C=N–C) groups is 1. The highest BCUT2D eigenvalue weighted by molar-refractivity contribution is 14.0. The highest BCUT2D eigenvalue weighted by Gasteiger charge is 2.38. The second kappa shape index (κ2) is 14.2. The lowest BCUT2D eigenvalue weighted by atomic mass is 9.80. The number of nitrogens with zero attached hydrogens (tertiary/aromatic N) is 2. The summed E-state index contributed by atoms with van der Waals surface area (Å²) in [7, 11) is 0. The van der Waals surface area contributed by atoms with E-state index in [2.05, 4.69) is 15.5 Å².